The SMILES string of the molecule is COC1CC(N)CC(C(F)(F)F)C1. The molecule has 0 saturated heterocycles. The van der Waals surface area contributed by atoms with Crippen molar-refractivity contribution in [3.63, 3.8) is 0 Å². The third kappa shape index (κ3) is 2.84. The number of alkyl halides is 3. The highest BCUT2D eigenvalue weighted by atomic mass is 19.4. The molecule has 3 unspecified atom stereocenters. The van der Waals surface area contributed by atoms with Crippen molar-refractivity contribution in [1.29, 1.82) is 0 Å². The number of rotatable bonds is 1. The van der Waals surface area contributed by atoms with Gasteiger partial charge < -0.3 is 10.5 Å². The van der Waals surface area contributed by atoms with E-state index in [4.69, 9.17) is 10.5 Å². The summed E-state index contributed by atoms with van der Waals surface area (Å²) >= 11 is 0. The molecule has 1 aliphatic rings. The number of hydrogen-bond acceptors (Lipinski definition) is 2. The zero-order valence-electron chi connectivity index (χ0n) is 7.47. The number of nitrogens with two attached hydrogens (primary N) is 1. The molecular weight excluding hydrogens is 183 g/mol. The molecule has 0 heterocycles. The minimum atomic E-state index is -4.13. The molecule has 0 spiro atoms. The second-order valence-electron chi connectivity index (χ2n) is 3.56. The number of hydrogen-bond donors (Lipinski definition) is 1. The van der Waals surface area contributed by atoms with Gasteiger partial charge in [0.1, 0.15) is 0 Å². The van der Waals surface area contributed by atoms with Crippen LogP contribution < -0.4 is 5.73 Å². The van der Waals surface area contributed by atoms with Gasteiger partial charge in [0.2, 0.25) is 0 Å². The van der Waals surface area contributed by atoms with Crippen molar-refractivity contribution in [3.8, 4) is 0 Å². The Bertz CT molecular complexity index is 171. The van der Waals surface area contributed by atoms with Gasteiger partial charge in [-0.15, -0.1) is 0 Å². The summed E-state index contributed by atoms with van der Waals surface area (Å²) < 4.78 is 41.8. The van der Waals surface area contributed by atoms with E-state index >= 15 is 0 Å². The maximum absolute atomic E-state index is 12.3. The van der Waals surface area contributed by atoms with Gasteiger partial charge in [0.15, 0.2) is 0 Å². The average Bonchev–Trinajstić information content (AvgIpc) is 2.01. The standard InChI is InChI=1S/C8H14F3NO/c1-13-7-3-5(8(9,10)11)2-6(12)4-7/h5-7H,2-4,12H2,1H3. The molecule has 13 heavy (non-hydrogen) atoms. The molecule has 0 aromatic carbocycles. The number of halogens is 3. The van der Waals surface area contributed by atoms with Gasteiger partial charge in [0.05, 0.1) is 12.0 Å². The summed E-state index contributed by atoms with van der Waals surface area (Å²) in [5.74, 6) is -1.29. The lowest BCUT2D eigenvalue weighted by molar-refractivity contribution is -0.192. The summed E-state index contributed by atoms with van der Waals surface area (Å²) in [5.41, 5.74) is 5.51. The highest BCUT2D eigenvalue weighted by Crippen LogP contribution is 2.37. The Morgan fingerprint density at radius 3 is 2.31 bits per heavy atom. The predicted molar refractivity (Wildman–Crippen MR) is 42.2 cm³/mol. The fraction of sp³-hybridized carbons (Fsp3) is 1.00. The minimum Gasteiger partial charge on any atom is -0.381 e. The molecule has 1 aliphatic carbocycles. The lowest BCUT2D eigenvalue weighted by Crippen LogP contribution is -2.41. The zero-order chi connectivity index (χ0) is 10.1. The van der Waals surface area contributed by atoms with Gasteiger partial charge in [-0.3, -0.25) is 0 Å². The summed E-state index contributed by atoms with van der Waals surface area (Å²) in [4.78, 5) is 0. The summed E-state index contributed by atoms with van der Waals surface area (Å²) in [6, 6.07) is -0.384. The Hall–Kier alpha value is -0.290. The highest BCUT2D eigenvalue weighted by Gasteiger charge is 2.44. The highest BCUT2D eigenvalue weighted by molar-refractivity contribution is 4.84. The second-order valence-corrected chi connectivity index (χ2v) is 3.56. The van der Waals surface area contributed by atoms with Crippen molar-refractivity contribution in [1.82, 2.24) is 0 Å². The van der Waals surface area contributed by atoms with Crippen LogP contribution in [0.25, 0.3) is 0 Å². The van der Waals surface area contributed by atoms with Gasteiger partial charge in [0, 0.05) is 13.2 Å². The van der Waals surface area contributed by atoms with Crippen molar-refractivity contribution in [2.75, 3.05) is 7.11 Å². The normalized spacial score (nSPS) is 36.2. The molecule has 0 aliphatic heterocycles. The van der Waals surface area contributed by atoms with Gasteiger partial charge in [-0.25, -0.2) is 0 Å². The molecule has 0 bridgehead atoms. The molecule has 0 radical (unpaired) electrons. The fourth-order valence-electron chi connectivity index (χ4n) is 1.77. The summed E-state index contributed by atoms with van der Waals surface area (Å²) in [6.07, 6.45) is -3.86. The lowest BCUT2D eigenvalue weighted by atomic mass is 9.84. The first-order valence-corrected chi connectivity index (χ1v) is 4.28. The van der Waals surface area contributed by atoms with Crippen molar-refractivity contribution < 1.29 is 17.9 Å². The quantitative estimate of drug-likeness (QED) is 0.694. The Morgan fingerprint density at radius 1 is 1.23 bits per heavy atom. The molecule has 2 nitrogen and oxygen atoms in total. The fourth-order valence-corrected chi connectivity index (χ4v) is 1.77. The van der Waals surface area contributed by atoms with Crippen molar-refractivity contribution >= 4 is 0 Å². The van der Waals surface area contributed by atoms with E-state index in [-0.39, 0.29) is 25.0 Å². The summed E-state index contributed by atoms with van der Waals surface area (Å²) in [6.45, 7) is 0. The Labute approximate surface area is 75.2 Å². The molecule has 1 fully saturated rings. The maximum atomic E-state index is 12.3. The molecule has 0 aromatic rings. The lowest BCUT2D eigenvalue weighted by Gasteiger charge is -2.33. The van der Waals surface area contributed by atoms with Crippen LogP contribution in [0.4, 0.5) is 13.2 Å². The monoisotopic (exact) mass is 197 g/mol. The first-order chi connectivity index (χ1) is 5.93. The molecule has 5 heteroatoms. The van der Waals surface area contributed by atoms with Crippen LogP contribution in [-0.2, 0) is 4.74 Å². The van der Waals surface area contributed by atoms with Gasteiger partial charge in [-0.1, -0.05) is 0 Å². The van der Waals surface area contributed by atoms with Crippen molar-refractivity contribution in [2.45, 2.75) is 37.6 Å². The molecule has 2 N–H and O–H groups in total. The topological polar surface area (TPSA) is 35.2 Å². The van der Waals surface area contributed by atoms with Gasteiger partial charge in [-0.2, -0.15) is 13.2 Å². The average molecular weight is 197 g/mol. The van der Waals surface area contributed by atoms with E-state index in [1.54, 1.807) is 0 Å². The third-order valence-corrected chi connectivity index (χ3v) is 2.50. The van der Waals surface area contributed by atoms with Crippen LogP contribution in [0.15, 0.2) is 0 Å². The van der Waals surface area contributed by atoms with E-state index in [1.165, 1.54) is 7.11 Å². The maximum Gasteiger partial charge on any atom is 0.391 e. The van der Waals surface area contributed by atoms with E-state index in [1.807, 2.05) is 0 Å². The molecule has 1 rings (SSSR count). The summed E-state index contributed by atoms with van der Waals surface area (Å²) in [5, 5.41) is 0. The number of methoxy groups -OCH3 is 1. The van der Waals surface area contributed by atoms with Crippen LogP contribution in [0.5, 0.6) is 0 Å². The first-order valence-electron chi connectivity index (χ1n) is 4.28. The van der Waals surface area contributed by atoms with Crippen molar-refractivity contribution in [2.24, 2.45) is 11.7 Å². The predicted octanol–water partition coefficient (Wildman–Crippen LogP) is 1.69. The van der Waals surface area contributed by atoms with Crippen LogP contribution >= 0.6 is 0 Å². The Balaban J connectivity index is 2.57. The molecule has 78 valence electrons. The van der Waals surface area contributed by atoms with Gasteiger partial charge in [-0.05, 0) is 19.3 Å². The van der Waals surface area contributed by atoms with E-state index in [0.29, 0.717) is 6.42 Å². The first kappa shape index (κ1) is 10.8. The van der Waals surface area contributed by atoms with Crippen LogP contribution in [0.2, 0.25) is 0 Å². The largest absolute Gasteiger partial charge is 0.391 e. The van der Waals surface area contributed by atoms with Gasteiger partial charge >= 0.3 is 6.18 Å². The molecule has 0 aromatic heterocycles. The van der Waals surface area contributed by atoms with E-state index in [9.17, 15) is 13.2 Å². The zero-order valence-corrected chi connectivity index (χ0v) is 7.47. The van der Waals surface area contributed by atoms with E-state index < -0.39 is 12.1 Å². The van der Waals surface area contributed by atoms with Crippen molar-refractivity contribution in [3.05, 3.63) is 0 Å². The summed E-state index contributed by atoms with van der Waals surface area (Å²) in [7, 11) is 1.43. The Morgan fingerprint density at radius 2 is 1.85 bits per heavy atom. The minimum absolute atomic E-state index is 0.0311. The third-order valence-electron chi connectivity index (χ3n) is 2.50. The van der Waals surface area contributed by atoms with E-state index in [2.05, 4.69) is 0 Å². The molecule has 3 atom stereocenters. The molecule has 1 saturated carbocycles. The van der Waals surface area contributed by atoms with E-state index in [0.717, 1.165) is 0 Å². The molecule has 0 amide bonds. The number of ether oxygens (including phenoxy) is 1. The van der Waals surface area contributed by atoms with Crippen LogP contribution in [0, 0.1) is 5.92 Å². The molecular formula is C8H14F3NO. The van der Waals surface area contributed by atoms with Crippen LogP contribution in [0.3, 0.4) is 0 Å². The second kappa shape index (κ2) is 3.84. The smallest absolute Gasteiger partial charge is 0.381 e. The van der Waals surface area contributed by atoms with Crippen LogP contribution in [0.1, 0.15) is 19.3 Å². The van der Waals surface area contributed by atoms with Crippen LogP contribution in [-0.4, -0.2) is 25.4 Å². The van der Waals surface area contributed by atoms with Gasteiger partial charge in [0.25, 0.3) is 0 Å². The Kier molecular flexibility index (Phi) is 3.18.